The first-order valence-corrected chi connectivity index (χ1v) is 12.1. The number of likely N-dealkylation sites (N-methyl/N-ethyl adjacent to an activating group) is 2. The molecule has 0 bridgehead atoms. The van der Waals surface area contributed by atoms with Crippen molar-refractivity contribution in [1.82, 2.24) is 9.80 Å². The van der Waals surface area contributed by atoms with Gasteiger partial charge in [-0.3, -0.25) is 14.4 Å². The van der Waals surface area contributed by atoms with Crippen molar-refractivity contribution in [3.8, 4) is 11.3 Å². The van der Waals surface area contributed by atoms with Gasteiger partial charge < -0.3 is 14.2 Å². The Morgan fingerprint density at radius 2 is 1.46 bits per heavy atom. The molecular formula is C29H36N2O4. The van der Waals surface area contributed by atoms with Crippen molar-refractivity contribution >= 4 is 22.8 Å². The van der Waals surface area contributed by atoms with E-state index in [-0.39, 0.29) is 17.2 Å². The molecule has 1 fully saturated rings. The third kappa shape index (κ3) is 5.02. The Balaban J connectivity index is 0.000000196. The number of fused-ring (bicyclic) bond motifs is 1. The molecule has 3 aromatic rings. The zero-order valence-electron chi connectivity index (χ0n) is 21.8. The number of hydrogen-bond donors (Lipinski definition) is 0. The van der Waals surface area contributed by atoms with E-state index >= 15 is 0 Å². The van der Waals surface area contributed by atoms with E-state index in [9.17, 15) is 14.4 Å². The highest BCUT2D eigenvalue weighted by Gasteiger charge is 2.54. The molecule has 0 aliphatic carbocycles. The van der Waals surface area contributed by atoms with Crippen LogP contribution < -0.4 is 5.43 Å². The highest BCUT2D eigenvalue weighted by Crippen LogP contribution is 2.35. The number of para-hydroxylation sites is 1. The molecule has 186 valence electrons. The van der Waals surface area contributed by atoms with Gasteiger partial charge in [0.2, 0.25) is 11.8 Å². The summed E-state index contributed by atoms with van der Waals surface area (Å²) in [4.78, 5) is 40.2. The van der Waals surface area contributed by atoms with Crippen molar-refractivity contribution in [1.29, 1.82) is 0 Å². The lowest BCUT2D eigenvalue weighted by atomic mass is 9.80. The van der Waals surface area contributed by atoms with E-state index in [1.165, 1.54) is 6.07 Å². The average Bonchev–Trinajstić information content (AvgIpc) is 2.86. The standard InChI is InChI=1S/C15H10O2.C14H26N2O2/c16-13-10-15(11-6-2-1-3-7-11)17-14-9-5-4-8-12(13)14;1-8-10(2)9-14(5)12(18)15(6)13(3,4)11(17)16(14)7/h1-10H;10H,8-9H2,1-7H3. The highest BCUT2D eigenvalue weighted by atomic mass is 16.3. The van der Waals surface area contributed by atoms with Crippen LogP contribution in [0.1, 0.15) is 47.5 Å². The highest BCUT2D eigenvalue weighted by molar-refractivity contribution is 6.01. The van der Waals surface area contributed by atoms with E-state index in [1.54, 1.807) is 43.8 Å². The number of benzene rings is 2. The lowest BCUT2D eigenvalue weighted by molar-refractivity contribution is -0.173. The van der Waals surface area contributed by atoms with Crippen molar-refractivity contribution in [2.75, 3.05) is 14.1 Å². The van der Waals surface area contributed by atoms with Crippen LogP contribution in [0.4, 0.5) is 0 Å². The molecule has 2 amide bonds. The number of carbonyl (C=O) groups is 2. The van der Waals surface area contributed by atoms with Crippen molar-refractivity contribution in [3.05, 3.63) is 70.9 Å². The molecule has 2 aromatic carbocycles. The van der Waals surface area contributed by atoms with Crippen molar-refractivity contribution < 1.29 is 14.0 Å². The van der Waals surface area contributed by atoms with Crippen molar-refractivity contribution in [2.45, 2.75) is 58.5 Å². The summed E-state index contributed by atoms with van der Waals surface area (Å²) in [5.41, 5.74) is 0.0670. The normalized spacial score (nSPS) is 20.4. The predicted molar refractivity (Wildman–Crippen MR) is 140 cm³/mol. The van der Waals surface area contributed by atoms with Crippen LogP contribution in [0, 0.1) is 5.92 Å². The second kappa shape index (κ2) is 10.1. The molecule has 2 atom stereocenters. The van der Waals surface area contributed by atoms with E-state index in [4.69, 9.17) is 4.42 Å². The van der Waals surface area contributed by atoms with E-state index in [1.807, 2.05) is 55.5 Å². The SMILES string of the molecule is CCC(C)CC1(C)C(=O)N(C)C(C)(C)C(=O)N1C.O=c1cc(-c2ccccc2)oc2ccccc12. The molecule has 6 nitrogen and oxygen atoms in total. The quantitative estimate of drug-likeness (QED) is 0.509. The zero-order valence-corrected chi connectivity index (χ0v) is 21.8. The first kappa shape index (κ1) is 26.2. The average molecular weight is 477 g/mol. The fraction of sp³-hybridized carbons (Fsp3) is 0.414. The Morgan fingerprint density at radius 1 is 0.857 bits per heavy atom. The van der Waals surface area contributed by atoms with Crippen LogP contribution in [-0.2, 0) is 9.59 Å². The molecule has 2 heterocycles. The van der Waals surface area contributed by atoms with Gasteiger partial charge in [0.1, 0.15) is 22.4 Å². The monoisotopic (exact) mass is 476 g/mol. The summed E-state index contributed by atoms with van der Waals surface area (Å²) in [6.07, 6.45) is 1.73. The summed E-state index contributed by atoms with van der Waals surface area (Å²) in [6.45, 7) is 9.71. The Kier molecular flexibility index (Phi) is 7.53. The van der Waals surface area contributed by atoms with Gasteiger partial charge in [-0.1, -0.05) is 62.7 Å². The van der Waals surface area contributed by atoms with Crippen LogP contribution in [0.5, 0.6) is 0 Å². The minimum absolute atomic E-state index is 0.00861. The summed E-state index contributed by atoms with van der Waals surface area (Å²) in [7, 11) is 3.47. The number of rotatable bonds is 4. The number of amides is 2. The minimum Gasteiger partial charge on any atom is -0.456 e. The summed E-state index contributed by atoms with van der Waals surface area (Å²) in [5.74, 6) is 1.07. The van der Waals surface area contributed by atoms with Gasteiger partial charge in [-0.15, -0.1) is 0 Å². The lowest BCUT2D eigenvalue weighted by Crippen LogP contribution is -2.72. The fourth-order valence-electron chi connectivity index (χ4n) is 4.43. The van der Waals surface area contributed by atoms with Gasteiger partial charge in [0.25, 0.3) is 0 Å². The van der Waals surface area contributed by atoms with E-state index in [0.717, 1.165) is 12.0 Å². The van der Waals surface area contributed by atoms with Gasteiger partial charge in [-0.2, -0.15) is 0 Å². The van der Waals surface area contributed by atoms with Crippen molar-refractivity contribution in [2.24, 2.45) is 5.92 Å². The molecule has 6 heteroatoms. The van der Waals surface area contributed by atoms with Gasteiger partial charge in [0, 0.05) is 25.7 Å². The molecule has 35 heavy (non-hydrogen) atoms. The molecule has 4 rings (SSSR count). The summed E-state index contributed by atoms with van der Waals surface area (Å²) < 4.78 is 5.73. The minimum atomic E-state index is -0.749. The number of hydrogen-bond acceptors (Lipinski definition) is 4. The maximum atomic E-state index is 12.6. The van der Waals surface area contributed by atoms with Gasteiger partial charge in [-0.25, -0.2) is 0 Å². The third-order valence-corrected chi connectivity index (χ3v) is 7.31. The second-order valence-electron chi connectivity index (χ2n) is 10.1. The molecule has 0 radical (unpaired) electrons. The van der Waals surface area contributed by atoms with Gasteiger partial charge in [0.15, 0.2) is 5.43 Å². The lowest BCUT2D eigenvalue weighted by Gasteiger charge is -2.52. The summed E-state index contributed by atoms with van der Waals surface area (Å²) >= 11 is 0. The molecule has 0 N–H and O–H groups in total. The van der Waals surface area contributed by atoms with Crippen LogP contribution in [-0.4, -0.2) is 46.8 Å². The Hall–Kier alpha value is -3.41. The number of carbonyl (C=O) groups excluding carboxylic acids is 2. The molecule has 2 unspecified atom stereocenters. The number of nitrogens with zero attached hydrogens (tertiary/aromatic N) is 2. The topological polar surface area (TPSA) is 70.8 Å². The molecule has 1 aromatic heterocycles. The van der Waals surface area contributed by atoms with E-state index in [0.29, 0.717) is 29.1 Å². The fourth-order valence-corrected chi connectivity index (χ4v) is 4.43. The third-order valence-electron chi connectivity index (χ3n) is 7.31. The van der Waals surface area contributed by atoms with Crippen LogP contribution >= 0.6 is 0 Å². The smallest absolute Gasteiger partial charge is 0.248 e. The first-order chi connectivity index (χ1) is 16.4. The maximum absolute atomic E-state index is 12.6. The molecular weight excluding hydrogens is 440 g/mol. The van der Waals surface area contributed by atoms with Gasteiger partial charge in [0.05, 0.1) is 5.39 Å². The van der Waals surface area contributed by atoms with E-state index in [2.05, 4.69) is 13.8 Å². The Bertz CT molecular complexity index is 1260. The zero-order chi connectivity index (χ0) is 26.0. The van der Waals surface area contributed by atoms with Crippen LogP contribution in [0.3, 0.4) is 0 Å². The van der Waals surface area contributed by atoms with Crippen molar-refractivity contribution in [3.63, 3.8) is 0 Å². The van der Waals surface area contributed by atoms with Crippen LogP contribution in [0.25, 0.3) is 22.3 Å². The Morgan fingerprint density at radius 3 is 2.09 bits per heavy atom. The van der Waals surface area contributed by atoms with Gasteiger partial charge >= 0.3 is 0 Å². The summed E-state index contributed by atoms with van der Waals surface area (Å²) in [6, 6.07) is 18.4. The van der Waals surface area contributed by atoms with Crippen LogP contribution in [0.2, 0.25) is 0 Å². The molecule has 0 saturated carbocycles. The molecule has 1 aliphatic rings. The first-order valence-electron chi connectivity index (χ1n) is 12.1. The second-order valence-corrected chi connectivity index (χ2v) is 10.1. The van der Waals surface area contributed by atoms with E-state index < -0.39 is 11.1 Å². The molecule has 1 saturated heterocycles. The Labute approximate surface area is 207 Å². The van der Waals surface area contributed by atoms with Crippen LogP contribution in [0.15, 0.2) is 69.9 Å². The summed E-state index contributed by atoms with van der Waals surface area (Å²) in [5, 5.41) is 0.618. The number of piperazine rings is 1. The molecule has 0 spiro atoms. The predicted octanol–water partition coefficient (Wildman–Crippen LogP) is 5.35. The maximum Gasteiger partial charge on any atom is 0.248 e. The largest absolute Gasteiger partial charge is 0.456 e. The molecule has 1 aliphatic heterocycles. The van der Waals surface area contributed by atoms with Gasteiger partial charge in [-0.05, 0) is 45.2 Å².